The molecule has 0 radical (unpaired) electrons. The zero-order valence-electron chi connectivity index (χ0n) is 18.2. The maximum Gasteiger partial charge on any atom is 0.142 e. The Morgan fingerprint density at radius 2 is 1.93 bits per heavy atom. The van der Waals surface area contributed by atoms with Gasteiger partial charge in [0.25, 0.3) is 0 Å². The number of benzene rings is 2. The average molecular weight is 428 g/mol. The third-order valence-electron chi connectivity index (χ3n) is 5.21. The van der Waals surface area contributed by atoms with Crippen LogP contribution in [0.2, 0.25) is 5.02 Å². The SMILES string of the molecule is Cc1cc(-c2cccc3c(Cl)c[nH]c23)c(F)c2c1NC(C)(C)C/C2=N\OC(C)(C)C. The number of hydrogen-bond acceptors (Lipinski definition) is 3. The van der Waals surface area contributed by atoms with E-state index in [1.165, 1.54) is 0 Å². The van der Waals surface area contributed by atoms with Gasteiger partial charge in [0, 0.05) is 40.4 Å². The highest BCUT2D eigenvalue weighted by Crippen LogP contribution is 2.41. The Morgan fingerprint density at radius 3 is 2.63 bits per heavy atom. The molecule has 0 spiro atoms. The molecule has 6 heteroatoms. The van der Waals surface area contributed by atoms with E-state index in [0.717, 1.165) is 27.7 Å². The zero-order valence-corrected chi connectivity index (χ0v) is 19.0. The van der Waals surface area contributed by atoms with Crippen molar-refractivity contribution in [2.24, 2.45) is 5.16 Å². The fourth-order valence-corrected chi connectivity index (χ4v) is 4.14. The van der Waals surface area contributed by atoms with Crippen LogP contribution in [0.25, 0.3) is 22.0 Å². The summed E-state index contributed by atoms with van der Waals surface area (Å²) in [6.45, 7) is 11.9. The van der Waals surface area contributed by atoms with E-state index in [0.29, 0.717) is 28.3 Å². The smallest absolute Gasteiger partial charge is 0.142 e. The van der Waals surface area contributed by atoms with Crippen molar-refractivity contribution in [1.29, 1.82) is 0 Å². The summed E-state index contributed by atoms with van der Waals surface area (Å²) in [6.07, 6.45) is 2.28. The van der Waals surface area contributed by atoms with Crippen molar-refractivity contribution in [2.75, 3.05) is 5.32 Å². The number of aryl methyl sites for hydroxylation is 1. The van der Waals surface area contributed by atoms with E-state index in [2.05, 4.69) is 29.3 Å². The molecule has 2 N–H and O–H groups in total. The molecule has 30 heavy (non-hydrogen) atoms. The van der Waals surface area contributed by atoms with Crippen molar-refractivity contribution in [3.05, 3.63) is 52.4 Å². The first-order chi connectivity index (χ1) is 14.0. The molecule has 4 rings (SSSR count). The van der Waals surface area contributed by atoms with Crippen LogP contribution in [0.4, 0.5) is 10.1 Å². The van der Waals surface area contributed by atoms with Crippen LogP contribution in [0, 0.1) is 12.7 Å². The molecule has 1 aliphatic rings. The lowest BCUT2D eigenvalue weighted by Gasteiger charge is -2.36. The highest BCUT2D eigenvalue weighted by molar-refractivity contribution is 6.36. The first kappa shape index (κ1) is 20.7. The predicted molar refractivity (Wildman–Crippen MR) is 123 cm³/mol. The molecule has 1 aliphatic heterocycles. The molecule has 2 aromatic carbocycles. The molecule has 3 aromatic rings. The van der Waals surface area contributed by atoms with Crippen molar-refractivity contribution >= 4 is 33.9 Å². The second kappa shape index (κ2) is 7.02. The number of nitrogens with zero attached hydrogens (tertiary/aromatic N) is 1. The number of rotatable bonds is 2. The summed E-state index contributed by atoms with van der Waals surface area (Å²) in [5.41, 5.74) is 4.17. The molecule has 0 bridgehead atoms. The molecule has 158 valence electrons. The van der Waals surface area contributed by atoms with E-state index in [4.69, 9.17) is 16.4 Å². The molecule has 0 fully saturated rings. The van der Waals surface area contributed by atoms with Gasteiger partial charge in [0.1, 0.15) is 11.4 Å². The van der Waals surface area contributed by atoms with Gasteiger partial charge in [-0.1, -0.05) is 35.0 Å². The van der Waals surface area contributed by atoms with Crippen molar-refractivity contribution in [3.8, 4) is 11.1 Å². The van der Waals surface area contributed by atoms with Gasteiger partial charge >= 0.3 is 0 Å². The van der Waals surface area contributed by atoms with E-state index in [1.807, 2.05) is 52.0 Å². The summed E-state index contributed by atoms with van der Waals surface area (Å²) in [5, 5.41) is 9.37. The third kappa shape index (κ3) is 3.67. The van der Waals surface area contributed by atoms with Crippen LogP contribution in [-0.2, 0) is 4.84 Å². The van der Waals surface area contributed by atoms with Gasteiger partial charge in [-0.15, -0.1) is 0 Å². The van der Waals surface area contributed by atoms with Gasteiger partial charge in [-0.05, 0) is 53.2 Å². The number of aromatic amines is 1. The van der Waals surface area contributed by atoms with Gasteiger partial charge in [0.2, 0.25) is 0 Å². The Bertz CT molecular complexity index is 1170. The van der Waals surface area contributed by atoms with Crippen molar-refractivity contribution in [3.63, 3.8) is 0 Å². The molecule has 0 aliphatic carbocycles. The third-order valence-corrected chi connectivity index (χ3v) is 5.52. The second-order valence-electron chi connectivity index (χ2n) is 9.60. The van der Waals surface area contributed by atoms with Crippen LogP contribution in [0.15, 0.2) is 35.6 Å². The number of hydrogen-bond donors (Lipinski definition) is 2. The van der Waals surface area contributed by atoms with E-state index in [9.17, 15) is 0 Å². The summed E-state index contributed by atoms with van der Waals surface area (Å²) in [7, 11) is 0. The van der Waals surface area contributed by atoms with Crippen LogP contribution in [-0.4, -0.2) is 21.8 Å². The average Bonchev–Trinajstić information content (AvgIpc) is 3.02. The number of nitrogens with one attached hydrogen (secondary N) is 2. The van der Waals surface area contributed by atoms with Crippen molar-refractivity contribution in [1.82, 2.24) is 4.98 Å². The van der Waals surface area contributed by atoms with E-state index in [1.54, 1.807) is 6.20 Å². The normalized spacial score (nSPS) is 17.1. The van der Waals surface area contributed by atoms with E-state index >= 15 is 4.39 Å². The lowest BCUT2D eigenvalue weighted by Crippen LogP contribution is -2.40. The van der Waals surface area contributed by atoms with Gasteiger partial charge in [0.15, 0.2) is 0 Å². The van der Waals surface area contributed by atoms with Gasteiger partial charge < -0.3 is 15.1 Å². The lowest BCUT2D eigenvalue weighted by atomic mass is 9.84. The predicted octanol–water partition coefficient (Wildman–Crippen LogP) is 7.05. The minimum atomic E-state index is -0.460. The standard InChI is InChI=1S/C24H27ClFN3O/c1-13-10-16(14-8-7-9-15-17(25)12-27-22(14)15)20(26)19-18(29-30-23(2,3)4)11-24(5,6)28-21(13)19/h7-10,12,27-28H,11H2,1-6H3/b29-18+. The van der Waals surface area contributed by atoms with Crippen LogP contribution in [0.1, 0.15) is 52.2 Å². The minimum absolute atomic E-state index is 0.265. The van der Waals surface area contributed by atoms with Gasteiger partial charge in [-0.2, -0.15) is 0 Å². The Morgan fingerprint density at radius 1 is 1.20 bits per heavy atom. The van der Waals surface area contributed by atoms with Crippen LogP contribution < -0.4 is 5.32 Å². The first-order valence-corrected chi connectivity index (χ1v) is 10.5. The maximum absolute atomic E-state index is 16.1. The monoisotopic (exact) mass is 427 g/mol. The molecule has 0 saturated carbocycles. The zero-order chi connectivity index (χ0) is 21.8. The molecular formula is C24H27ClFN3O. The maximum atomic E-state index is 16.1. The largest absolute Gasteiger partial charge is 0.390 e. The summed E-state index contributed by atoms with van der Waals surface area (Å²) >= 11 is 6.29. The topological polar surface area (TPSA) is 49.4 Å². The highest BCUT2D eigenvalue weighted by atomic mass is 35.5. The Balaban J connectivity index is 1.96. The van der Waals surface area contributed by atoms with Gasteiger partial charge in [0.05, 0.1) is 21.8 Å². The fraction of sp³-hybridized carbons (Fsp3) is 0.375. The number of oxime groups is 1. The summed E-state index contributed by atoms with van der Waals surface area (Å²) < 4.78 is 16.1. The Hall–Kier alpha value is -2.53. The molecule has 0 atom stereocenters. The molecule has 4 nitrogen and oxygen atoms in total. The number of aromatic nitrogens is 1. The molecule has 0 amide bonds. The van der Waals surface area contributed by atoms with Crippen LogP contribution >= 0.6 is 11.6 Å². The fourth-order valence-electron chi connectivity index (χ4n) is 3.93. The number of H-pyrrole nitrogens is 1. The molecule has 1 aromatic heterocycles. The molecule has 0 saturated heterocycles. The first-order valence-electron chi connectivity index (χ1n) is 10.1. The van der Waals surface area contributed by atoms with Gasteiger partial charge in [-0.3, -0.25) is 0 Å². The molecular weight excluding hydrogens is 401 g/mol. The number of para-hydroxylation sites is 1. The van der Waals surface area contributed by atoms with Crippen LogP contribution in [0.5, 0.6) is 0 Å². The lowest BCUT2D eigenvalue weighted by molar-refractivity contribution is 0.000465. The van der Waals surface area contributed by atoms with Crippen LogP contribution in [0.3, 0.4) is 0 Å². The van der Waals surface area contributed by atoms with Crippen molar-refractivity contribution < 1.29 is 9.23 Å². The summed E-state index contributed by atoms with van der Waals surface area (Å²) in [4.78, 5) is 8.88. The second-order valence-corrected chi connectivity index (χ2v) is 10.0. The Kier molecular flexibility index (Phi) is 4.85. The molecule has 2 heterocycles. The molecule has 0 unspecified atom stereocenters. The highest BCUT2D eigenvalue weighted by Gasteiger charge is 2.34. The summed E-state index contributed by atoms with van der Waals surface area (Å²) in [6, 6.07) is 7.61. The van der Waals surface area contributed by atoms with E-state index < -0.39 is 5.60 Å². The number of fused-ring (bicyclic) bond motifs is 2. The Labute approximate surface area is 181 Å². The summed E-state index contributed by atoms with van der Waals surface area (Å²) in [5.74, 6) is -0.312. The van der Waals surface area contributed by atoms with Crippen molar-refractivity contribution in [2.45, 2.75) is 59.1 Å². The number of halogens is 2. The minimum Gasteiger partial charge on any atom is -0.390 e. The quantitative estimate of drug-likeness (QED) is 0.430. The van der Waals surface area contributed by atoms with Gasteiger partial charge in [-0.25, -0.2) is 4.39 Å². The number of anilines is 1. The van der Waals surface area contributed by atoms with E-state index in [-0.39, 0.29) is 11.4 Å².